The third-order valence-electron chi connectivity index (χ3n) is 5.94. The van der Waals surface area contributed by atoms with Crippen LogP contribution in [0.5, 0.6) is 5.75 Å². The minimum Gasteiger partial charge on any atom is -0.482 e. The molecule has 1 spiro atoms. The highest BCUT2D eigenvalue weighted by atomic mass is 16.6. The van der Waals surface area contributed by atoms with Gasteiger partial charge in [0.25, 0.3) is 0 Å². The standard InChI is InChI=1S/C25H27N5O3/c1-24(2,3)33-23(31)30-13-11-25(12-14-30)16-20(19-9-4-5-10-21(19)32-25)17-7-6-8-18(15-17)22-26-28-29-27-22/h4-10,15-16H,11-14H2,1-3H3,(H,26,27,28,29). The van der Waals surface area contributed by atoms with Crippen molar-refractivity contribution >= 4 is 11.7 Å². The fraction of sp³-hybridized carbons (Fsp3) is 0.360. The van der Waals surface area contributed by atoms with Crippen LogP contribution < -0.4 is 4.74 Å². The minimum absolute atomic E-state index is 0.273. The Morgan fingerprint density at radius 2 is 1.85 bits per heavy atom. The number of piperidine rings is 1. The number of carbonyl (C=O) groups excluding carboxylic acids is 1. The van der Waals surface area contributed by atoms with Crippen molar-refractivity contribution in [1.29, 1.82) is 0 Å². The molecule has 0 unspecified atom stereocenters. The predicted octanol–water partition coefficient (Wildman–Crippen LogP) is 4.46. The summed E-state index contributed by atoms with van der Waals surface area (Å²) in [6, 6.07) is 16.2. The molecule has 0 radical (unpaired) electrons. The molecule has 0 bridgehead atoms. The summed E-state index contributed by atoms with van der Waals surface area (Å²) in [7, 11) is 0. The first-order chi connectivity index (χ1) is 15.8. The van der Waals surface area contributed by atoms with Gasteiger partial charge in [-0.25, -0.2) is 4.79 Å². The van der Waals surface area contributed by atoms with Crippen molar-refractivity contribution in [2.45, 2.75) is 44.8 Å². The van der Waals surface area contributed by atoms with Crippen molar-refractivity contribution in [3.05, 3.63) is 65.7 Å². The number of benzene rings is 2. The number of likely N-dealkylation sites (tertiary alicyclic amines) is 1. The highest BCUT2D eigenvalue weighted by Crippen LogP contribution is 2.43. The first kappa shape index (κ1) is 21.2. The van der Waals surface area contributed by atoms with E-state index in [-0.39, 0.29) is 6.09 Å². The van der Waals surface area contributed by atoms with Crippen LogP contribution in [-0.4, -0.2) is 55.9 Å². The van der Waals surface area contributed by atoms with Crippen molar-refractivity contribution in [2.24, 2.45) is 0 Å². The second kappa shape index (κ2) is 8.03. The third kappa shape index (κ3) is 4.33. The van der Waals surface area contributed by atoms with Crippen molar-refractivity contribution < 1.29 is 14.3 Å². The molecule has 0 saturated carbocycles. The Hall–Kier alpha value is -3.68. The van der Waals surface area contributed by atoms with Gasteiger partial charge in [-0.2, -0.15) is 5.21 Å². The van der Waals surface area contributed by atoms with Crippen LogP contribution >= 0.6 is 0 Å². The number of fused-ring (bicyclic) bond motifs is 1. The van der Waals surface area contributed by atoms with E-state index in [1.165, 1.54) is 0 Å². The smallest absolute Gasteiger partial charge is 0.410 e. The maximum atomic E-state index is 12.5. The number of ether oxygens (including phenoxy) is 2. The highest BCUT2D eigenvalue weighted by molar-refractivity contribution is 5.86. The molecule has 0 atom stereocenters. The maximum absolute atomic E-state index is 12.5. The van der Waals surface area contributed by atoms with E-state index in [0.717, 1.165) is 28.0 Å². The van der Waals surface area contributed by atoms with Crippen LogP contribution in [0.25, 0.3) is 17.0 Å². The van der Waals surface area contributed by atoms with Crippen molar-refractivity contribution in [1.82, 2.24) is 25.5 Å². The number of rotatable bonds is 2. The molecule has 1 aromatic heterocycles. The molecule has 8 heteroatoms. The average molecular weight is 446 g/mol. The SMILES string of the molecule is CC(C)(C)OC(=O)N1CCC2(C=C(c3cccc(-c4nn[nH]n4)c3)c3ccccc3O2)CC1. The van der Waals surface area contributed by atoms with E-state index >= 15 is 0 Å². The summed E-state index contributed by atoms with van der Waals surface area (Å²) in [5.74, 6) is 1.41. The predicted molar refractivity (Wildman–Crippen MR) is 124 cm³/mol. The number of amides is 1. The van der Waals surface area contributed by atoms with Crippen LogP contribution in [0.2, 0.25) is 0 Å². The number of hydrogen-bond donors (Lipinski definition) is 1. The number of carbonyl (C=O) groups is 1. The minimum atomic E-state index is -0.511. The Balaban J connectivity index is 1.46. The Kier molecular flexibility index (Phi) is 5.15. The maximum Gasteiger partial charge on any atom is 0.410 e. The molecular weight excluding hydrogens is 418 g/mol. The van der Waals surface area contributed by atoms with Crippen LogP contribution in [-0.2, 0) is 4.74 Å². The van der Waals surface area contributed by atoms with Gasteiger partial charge in [0.15, 0.2) is 0 Å². The second-order valence-corrected chi connectivity index (χ2v) is 9.50. The van der Waals surface area contributed by atoms with Gasteiger partial charge < -0.3 is 14.4 Å². The molecule has 2 aromatic carbocycles. The number of hydrogen-bond acceptors (Lipinski definition) is 6. The molecule has 170 valence electrons. The molecule has 0 aliphatic carbocycles. The number of nitrogens with one attached hydrogen (secondary N) is 1. The Labute approximate surface area is 192 Å². The van der Waals surface area contributed by atoms with Gasteiger partial charge in [-0.05, 0) is 55.3 Å². The number of tetrazole rings is 1. The zero-order valence-corrected chi connectivity index (χ0v) is 19.0. The lowest BCUT2D eigenvalue weighted by Crippen LogP contribution is -2.50. The third-order valence-corrected chi connectivity index (χ3v) is 5.94. The lowest BCUT2D eigenvalue weighted by Gasteiger charge is -2.43. The van der Waals surface area contributed by atoms with Crippen LogP contribution in [0.15, 0.2) is 54.6 Å². The quantitative estimate of drug-likeness (QED) is 0.626. The monoisotopic (exact) mass is 445 g/mol. The summed E-state index contributed by atoms with van der Waals surface area (Å²) < 4.78 is 12.1. The van der Waals surface area contributed by atoms with Crippen LogP contribution in [0.1, 0.15) is 44.7 Å². The van der Waals surface area contributed by atoms with Gasteiger partial charge in [0.2, 0.25) is 5.82 Å². The molecule has 1 N–H and O–H groups in total. The van der Waals surface area contributed by atoms with Gasteiger partial charge in [-0.15, -0.1) is 10.2 Å². The fourth-order valence-corrected chi connectivity index (χ4v) is 4.36. The van der Waals surface area contributed by atoms with E-state index in [1.54, 1.807) is 4.90 Å². The van der Waals surface area contributed by atoms with Crippen molar-refractivity contribution in [2.75, 3.05) is 13.1 Å². The lowest BCUT2D eigenvalue weighted by atomic mass is 9.82. The van der Waals surface area contributed by atoms with Crippen LogP contribution in [0.4, 0.5) is 4.79 Å². The van der Waals surface area contributed by atoms with Gasteiger partial charge in [0, 0.05) is 37.1 Å². The summed E-state index contributed by atoms with van der Waals surface area (Å²) in [6.07, 6.45) is 3.32. The topological polar surface area (TPSA) is 93.2 Å². The zero-order valence-electron chi connectivity index (χ0n) is 19.0. The summed E-state index contributed by atoms with van der Waals surface area (Å²) in [6.45, 7) is 6.80. The molecule has 2 aliphatic heterocycles. The number of nitrogens with zero attached hydrogens (tertiary/aromatic N) is 4. The molecule has 3 aromatic rings. The molecule has 3 heterocycles. The molecule has 1 amide bonds. The van der Waals surface area contributed by atoms with E-state index in [1.807, 2.05) is 51.1 Å². The fourth-order valence-electron chi connectivity index (χ4n) is 4.36. The number of aromatic nitrogens is 4. The summed E-state index contributed by atoms with van der Waals surface area (Å²) in [4.78, 5) is 14.3. The van der Waals surface area contributed by atoms with Gasteiger partial charge in [-0.3, -0.25) is 0 Å². The van der Waals surface area contributed by atoms with E-state index in [9.17, 15) is 4.79 Å². The average Bonchev–Trinajstić information content (AvgIpc) is 3.33. The Morgan fingerprint density at radius 1 is 1.09 bits per heavy atom. The number of para-hydroxylation sites is 1. The summed E-state index contributed by atoms with van der Waals surface area (Å²) >= 11 is 0. The van der Waals surface area contributed by atoms with Crippen molar-refractivity contribution in [3.63, 3.8) is 0 Å². The first-order valence-corrected chi connectivity index (χ1v) is 11.2. The molecular formula is C25H27N5O3. The van der Waals surface area contributed by atoms with Gasteiger partial charge in [0.1, 0.15) is 17.0 Å². The largest absolute Gasteiger partial charge is 0.482 e. The van der Waals surface area contributed by atoms with Crippen LogP contribution in [0, 0.1) is 0 Å². The molecule has 1 saturated heterocycles. The van der Waals surface area contributed by atoms with Gasteiger partial charge in [-0.1, -0.05) is 36.4 Å². The zero-order chi connectivity index (χ0) is 23.1. The van der Waals surface area contributed by atoms with E-state index < -0.39 is 11.2 Å². The highest BCUT2D eigenvalue weighted by Gasteiger charge is 2.40. The summed E-state index contributed by atoms with van der Waals surface area (Å²) in [5.41, 5.74) is 3.10. The normalized spacial score (nSPS) is 17.2. The van der Waals surface area contributed by atoms with Crippen LogP contribution in [0.3, 0.4) is 0 Å². The summed E-state index contributed by atoms with van der Waals surface area (Å²) in [5, 5.41) is 14.4. The Morgan fingerprint density at radius 3 is 2.58 bits per heavy atom. The number of H-pyrrole nitrogens is 1. The first-order valence-electron chi connectivity index (χ1n) is 11.2. The molecule has 5 rings (SSSR count). The van der Waals surface area contributed by atoms with E-state index in [2.05, 4.69) is 44.9 Å². The van der Waals surface area contributed by atoms with Gasteiger partial charge >= 0.3 is 6.09 Å². The molecule has 33 heavy (non-hydrogen) atoms. The lowest BCUT2D eigenvalue weighted by molar-refractivity contribution is -0.00115. The van der Waals surface area contributed by atoms with E-state index in [4.69, 9.17) is 9.47 Å². The number of aromatic amines is 1. The molecule has 2 aliphatic rings. The molecule has 1 fully saturated rings. The second-order valence-electron chi connectivity index (χ2n) is 9.50. The van der Waals surface area contributed by atoms with Gasteiger partial charge in [0.05, 0.1) is 0 Å². The van der Waals surface area contributed by atoms with Crippen molar-refractivity contribution in [3.8, 4) is 17.1 Å². The molecule has 8 nitrogen and oxygen atoms in total. The van der Waals surface area contributed by atoms with E-state index in [0.29, 0.717) is 31.8 Å². The Bertz CT molecular complexity index is 1190.